The van der Waals surface area contributed by atoms with Crippen LogP contribution in [-0.4, -0.2) is 33.1 Å². The number of aryl methyl sites for hydroxylation is 1. The van der Waals surface area contributed by atoms with Crippen molar-refractivity contribution in [3.8, 4) is 0 Å². The molecule has 0 spiro atoms. The van der Waals surface area contributed by atoms with E-state index in [-0.39, 0.29) is 17.2 Å². The average Bonchev–Trinajstić information content (AvgIpc) is 2.73. The van der Waals surface area contributed by atoms with Crippen LogP contribution < -0.4 is 5.30 Å². The van der Waals surface area contributed by atoms with Gasteiger partial charge in [-0.2, -0.15) is 8.42 Å². The van der Waals surface area contributed by atoms with Crippen molar-refractivity contribution in [3.05, 3.63) is 23.8 Å². The Kier molecular flexibility index (Phi) is 12.3. The van der Waals surface area contributed by atoms with E-state index in [9.17, 15) is 17.5 Å². The van der Waals surface area contributed by atoms with Gasteiger partial charge in [0.1, 0.15) is 12.0 Å². The first-order valence-electron chi connectivity index (χ1n) is 11.8. The summed E-state index contributed by atoms with van der Waals surface area (Å²) in [7, 11) is -10.5. The molecular formula is C23H42O5P2S. The molecule has 0 amide bonds. The lowest BCUT2D eigenvalue weighted by Crippen LogP contribution is -2.21. The van der Waals surface area contributed by atoms with Gasteiger partial charge in [-0.3, -0.25) is 4.57 Å². The van der Waals surface area contributed by atoms with E-state index in [1.807, 2.05) is 13.8 Å². The smallest absolute Gasteiger partial charge is 0.303 e. The summed E-state index contributed by atoms with van der Waals surface area (Å²) in [5, 5.41) is 0.361. The van der Waals surface area contributed by atoms with Gasteiger partial charge >= 0.3 is 10.1 Å². The van der Waals surface area contributed by atoms with E-state index in [0.29, 0.717) is 24.0 Å². The normalized spacial score (nSPS) is 16.0. The minimum atomic E-state index is -4.28. The van der Waals surface area contributed by atoms with Gasteiger partial charge in [-0.05, 0) is 31.9 Å². The molecule has 5 nitrogen and oxygen atoms in total. The highest BCUT2D eigenvalue weighted by atomic mass is 32.2. The second-order valence-corrected chi connectivity index (χ2v) is 16.4. The van der Waals surface area contributed by atoms with Crippen molar-refractivity contribution in [3.63, 3.8) is 0 Å². The first kappa shape index (κ1) is 28.6. The minimum absolute atomic E-state index is 0.0685. The first-order valence-corrected chi connectivity index (χ1v) is 17.3. The zero-order valence-corrected chi connectivity index (χ0v) is 22.7. The van der Waals surface area contributed by atoms with Gasteiger partial charge in [-0.15, -0.1) is 0 Å². The molecule has 0 N–H and O–H groups in total. The Balaban J connectivity index is 3.25. The van der Waals surface area contributed by atoms with Crippen LogP contribution in [0.2, 0.25) is 0 Å². The molecule has 0 aliphatic carbocycles. The highest BCUT2D eigenvalue weighted by molar-refractivity contribution is 7.92. The Labute approximate surface area is 190 Å². The molecule has 8 heteroatoms. The lowest BCUT2D eigenvalue weighted by molar-refractivity contribution is 0.457. The van der Waals surface area contributed by atoms with E-state index in [1.165, 1.54) is 6.07 Å². The van der Waals surface area contributed by atoms with Gasteiger partial charge < -0.3 is 4.57 Å². The van der Waals surface area contributed by atoms with Gasteiger partial charge in [0.15, 0.2) is 0 Å². The summed E-state index contributed by atoms with van der Waals surface area (Å²) in [5.41, 5.74) is 0.856. The Hall–Kier alpha value is -0.410. The van der Waals surface area contributed by atoms with Crippen LogP contribution in [0.4, 0.5) is 0 Å². The lowest BCUT2D eigenvalue weighted by Gasteiger charge is -2.22. The van der Waals surface area contributed by atoms with E-state index >= 15 is 0 Å². The third-order valence-electron chi connectivity index (χ3n) is 5.77. The Morgan fingerprint density at radius 3 is 1.90 bits per heavy atom. The topological polar surface area (TPSA) is 77.5 Å². The van der Waals surface area contributed by atoms with Crippen LogP contribution in [0.3, 0.4) is 0 Å². The van der Waals surface area contributed by atoms with Crippen LogP contribution in [0.25, 0.3) is 0 Å². The summed E-state index contributed by atoms with van der Waals surface area (Å²) in [6, 6.07) is 4.89. The molecule has 31 heavy (non-hydrogen) atoms. The van der Waals surface area contributed by atoms with Gasteiger partial charge in [0.05, 0.1) is 0 Å². The molecule has 1 rings (SSSR count). The van der Waals surface area contributed by atoms with E-state index in [2.05, 4.69) is 13.8 Å². The summed E-state index contributed by atoms with van der Waals surface area (Å²) in [6.07, 6.45) is 8.90. The maximum Gasteiger partial charge on any atom is 0.303 e. The van der Waals surface area contributed by atoms with E-state index < -0.39 is 24.6 Å². The fraction of sp³-hybridized carbons (Fsp3) is 0.739. The molecule has 1 aromatic carbocycles. The van der Waals surface area contributed by atoms with Crippen molar-refractivity contribution in [1.29, 1.82) is 0 Å². The van der Waals surface area contributed by atoms with Gasteiger partial charge in [0, 0.05) is 30.0 Å². The largest absolute Gasteiger partial charge is 0.319 e. The second kappa shape index (κ2) is 13.3. The predicted molar refractivity (Wildman–Crippen MR) is 133 cm³/mol. The summed E-state index contributed by atoms with van der Waals surface area (Å²) < 4.78 is 59.0. The fourth-order valence-corrected chi connectivity index (χ4v) is 11.1. The molecule has 0 radical (unpaired) electrons. The molecular weight excluding hydrogens is 450 g/mol. The molecule has 0 aromatic heterocycles. The highest BCUT2D eigenvalue weighted by Crippen LogP contribution is 2.52. The SMILES string of the molecule is CCCCCCP(=O)(CC)OS(=O)(=O)c1ccc(C)cc1P(=O)(CC)CCCCCC. The molecule has 0 saturated heterocycles. The maximum absolute atomic E-state index is 13.9. The lowest BCUT2D eigenvalue weighted by atomic mass is 10.2. The standard InChI is InChI=1S/C23H42O5P2S/c1-6-10-12-14-18-29(24,8-3)22-20-21(5)16-17-23(22)31(26,27)28-30(25,9-4)19-15-13-11-7-2/h16-17,20H,6-15,18-19H2,1-5H3. The molecule has 0 bridgehead atoms. The zero-order chi connectivity index (χ0) is 23.5. The van der Waals surface area contributed by atoms with E-state index in [0.717, 1.165) is 50.5 Å². The number of rotatable bonds is 16. The first-order chi connectivity index (χ1) is 14.6. The van der Waals surface area contributed by atoms with Gasteiger partial charge in [-0.1, -0.05) is 77.8 Å². The van der Waals surface area contributed by atoms with Crippen LogP contribution in [0.5, 0.6) is 0 Å². The molecule has 0 heterocycles. The van der Waals surface area contributed by atoms with Crippen molar-refractivity contribution in [2.45, 2.75) is 90.9 Å². The summed E-state index contributed by atoms with van der Waals surface area (Å²) in [4.78, 5) is -0.0685. The Bertz CT molecular complexity index is 880. The monoisotopic (exact) mass is 492 g/mol. The highest BCUT2D eigenvalue weighted by Gasteiger charge is 2.35. The van der Waals surface area contributed by atoms with Crippen molar-refractivity contribution >= 4 is 29.9 Å². The van der Waals surface area contributed by atoms with Gasteiger partial charge in [-0.25, -0.2) is 3.97 Å². The van der Waals surface area contributed by atoms with Crippen LogP contribution in [0.15, 0.2) is 23.1 Å². The Morgan fingerprint density at radius 1 is 0.806 bits per heavy atom. The quantitative estimate of drug-likeness (QED) is 0.181. The molecule has 0 fully saturated rings. The van der Waals surface area contributed by atoms with Crippen LogP contribution >= 0.6 is 14.5 Å². The number of benzene rings is 1. The number of hydrogen-bond donors (Lipinski definition) is 0. The van der Waals surface area contributed by atoms with Crippen molar-refractivity contribution in [2.75, 3.05) is 24.6 Å². The fourth-order valence-electron chi connectivity index (χ4n) is 3.65. The van der Waals surface area contributed by atoms with Crippen molar-refractivity contribution < 1.29 is 21.5 Å². The maximum atomic E-state index is 13.9. The molecule has 0 aliphatic heterocycles. The summed E-state index contributed by atoms with van der Waals surface area (Å²) >= 11 is 0. The number of unbranched alkanes of at least 4 members (excludes halogenated alkanes) is 6. The van der Waals surface area contributed by atoms with Gasteiger partial charge in [0.25, 0.3) is 0 Å². The van der Waals surface area contributed by atoms with Crippen LogP contribution in [-0.2, 0) is 23.2 Å². The Morgan fingerprint density at radius 2 is 1.39 bits per heavy atom. The minimum Gasteiger partial charge on any atom is -0.319 e. The molecule has 1 aromatic rings. The number of hydrogen-bond acceptors (Lipinski definition) is 5. The molecule has 2 unspecified atom stereocenters. The zero-order valence-electron chi connectivity index (χ0n) is 20.1. The summed E-state index contributed by atoms with van der Waals surface area (Å²) in [6.45, 7) is 9.63. The molecule has 2 atom stereocenters. The third kappa shape index (κ3) is 8.80. The van der Waals surface area contributed by atoms with E-state index in [4.69, 9.17) is 3.97 Å². The van der Waals surface area contributed by atoms with E-state index in [1.54, 1.807) is 19.1 Å². The molecule has 0 saturated carbocycles. The molecule has 0 aliphatic rings. The second-order valence-electron chi connectivity index (χ2n) is 8.40. The average molecular weight is 493 g/mol. The molecule has 180 valence electrons. The summed E-state index contributed by atoms with van der Waals surface area (Å²) in [5.74, 6) is 0. The van der Waals surface area contributed by atoms with Gasteiger partial charge in [0.2, 0.25) is 7.37 Å². The third-order valence-corrected chi connectivity index (χ3v) is 14.0. The predicted octanol–water partition coefficient (Wildman–Crippen LogP) is 7.17. The van der Waals surface area contributed by atoms with Crippen molar-refractivity contribution in [2.24, 2.45) is 0 Å². The van der Waals surface area contributed by atoms with Crippen LogP contribution in [0, 0.1) is 6.92 Å². The van der Waals surface area contributed by atoms with Crippen LogP contribution in [0.1, 0.15) is 84.6 Å². The van der Waals surface area contributed by atoms with Crippen molar-refractivity contribution in [1.82, 2.24) is 0 Å².